The molecule has 0 aliphatic carbocycles. The van der Waals surface area contributed by atoms with Gasteiger partial charge in [-0.05, 0) is 9.91 Å². The van der Waals surface area contributed by atoms with E-state index < -0.39 is 21.5 Å². The zero-order valence-electron chi connectivity index (χ0n) is 8.55. The maximum atomic E-state index is 9.99. The molecule has 17 heavy (non-hydrogen) atoms. The third-order valence-electron chi connectivity index (χ3n) is 1.48. The van der Waals surface area contributed by atoms with E-state index in [9.17, 15) is 20.2 Å². The highest BCUT2D eigenvalue weighted by Gasteiger charge is 2.12. The SMILES string of the molecule is C[n+]1cnc[nH]1.O=[N+]([O-])c1nc[n-]c1[N+](=O)[O-]. The minimum atomic E-state index is -0.953. The maximum Gasteiger partial charge on any atom is 0.308 e. The van der Waals surface area contributed by atoms with E-state index in [1.807, 2.05) is 7.05 Å². The molecule has 0 saturated heterocycles. The van der Waals surface area contributed by atoms with Crippen molar-refractivity contribution in [1.29, 1.82) is 0 Å². The van der Waals surface area contributed by atoms with Crippen LogP contribution in [0.15, 0.2) is 19.0 Å². The number of H-pyrrole nitrogens is 1. The lowest BCUT2D eigenvalue weighted by molar-refractivity contribution is -0.728. The Hall–Kier alpha value is -2.85. The summed E-state index contributed by atoms with van der Waals surface area (Å²) in [4.78, 5) is 28.0. The molecule has 0 unspecified atom stereocenters. The van der Waals surface area contributed by atoms with Gasteiger partial charge in [0.25, 0.3) is 0 Å². The standard InChI is InChI=1S/C3HN4O4.C3H5N3/c8-6(9)2-3(7(10)11)5-1-4-2;1-6-3-4-2-5-6/h1H;2-3H,1H3/q-1;/p+1. The first kappa shape index (κ1) is 12.2. The Morgan fingerprint density at radius 1 is 1.41 bits per heavy atom. The Labute approximate surface area is 93.4 Å². The number of hydrogen-bond acceptors (Lipinski definition) is 6. The molecule has 0 radical (unpaired) electrons. The number of nitrogens with zero attached hydrogens (tertiary/aromatic N) is 6. The Bertz CT molecular complexity index is 476. The van der Waals surface area contributed by atoms with Crippen molar-refractivity contribution in [2.45, 2.75) is 0 Å². The quantitative estimate of drug-likeness (QED) is 0.406. The van der Waals surface area contributed by atoms with Crippen LogP contribution in [0.5, 0.6) is 0 Å². The number of imidazole rings is 1. The molecule has 0 fully saturated rings. The van der Waals surface area contributed by atoms with Crippen LogP contribution >= 0.6 is 0 Å². The van der Waals surface area contributed by atoms with Gasteiger partial charge >= 0.3 is 12.1 Å². The lowest BCUT2D eigenvalue weighted by atomic mass is 10.7. The first-order valence-electron chi connectivity index (χ1n) is 4.13. The van der Waals surface area contributed by atoms with E-state index in [2.05, 4.69) is 20.1 Å². The van der Waals surface area contributed by atoms with Crippen LogP contribution in [0.1, 0.15) is 0 Å². The molecule has 0 aromatic carbocycles. The molecule has 0 atom stereocenters. The number of aryl methyl sites for hydroxylation is 1. The van der Waals surface area contributed by atoms with Crippen LogP contribution < -0.4 is 9.67 Å². The molecule has 0 spiro atoms. The molecule has 0 aliphatic heterocycles. The fraction of sp³-hybridized carbons (Fsp3) is 0.167. The summed E-state index contributed by atoms with van der Waals surface area (Å²) in [6, 6.07) is 0. The minimum Gasteiger partial charge on any atom is -0.459 e. The Morgan fingerprint density at radius 2 is 2.12 bits per heavy atom. The van der Waals surface area contributed by atoms with Gasteiger partial charge in [0, 0.05) is 0 Å². The van der Waals surface area contributed by atoms with Crippen molar-refractivity contribution in [3.05, 3.63) is 39.2 Å². The van der Waals surface area contributed by atoms with Gasteiger partial charge in [-0.15, -0.1) is 0 Å². The summed E-state index contributed by atoms with van der Waals surface area (Å²) in [7, 11) is 1.88. The zero-order valence-corrected chi connectivity index (χ0v) is 8.55. The van der Waals surface area contributed by atoms with E-state index in [-0.39, 0.29) is 0 Å². The van der Waals surface area contributed by atoms with Gasteiger partial charge in [-0.3, -0.25) is 0 Å². The van der Waals surface area contributed by atoms with Gasteiger partial charge in [0.2, 0.25) is 12.1 Å². The first-order chi connectivity index (χ1) is 8.02. The van der Waals surface area contributed by atoms with Crippen molar-refractivity contribution in [1.82, 2.24) is 20.1 Å². The topological polar surface area (TPSA) is 146 Å². The normalized spacial score (nSPS) is 9.24. The Kier molecular flexibility index (Phi) is 3.81. The van der Waals surface area contributed by atoms with Crippen molar-refractivity contribution >= 4 is 11.6 Å². The summed E-state index contributed by atoms with van der Waals surface area (Å²) in [5, 5.41) is 22.8. The predicted molar refractivity (Wildman–Crippen MR) is 50.6 cm³/mol. The highest BCUT2D eigenvalue weighted by Crippen LogP contribution is 2.18. The van der Waals surface area contributed by atoms with Gasteiger partial charge in [0.05, 0.1) is 0 Å². The molecular weight excluding hydrogens is 234 g/mol. The van der Waals surface area contributed by atoms with Gasteiger partial charge in [0.15, 0.2) is 0 Å². The van der Waals surface area contributed by atoms with Crippen molar-refractivity contribution in [3.63, 3.8) is 0 Å². The number of aromatic amines is 1. The number of nitrogens with one attached hydrogen (secondary N) is 1. The van der Waals surface area contributed by atoms with Crippen LogP contribution in [0.3, 0.4) is 0 Å². The fourth-order valence-electron chi connectivity index (χ4n) is 0.802. The van der Waals surface area contributed by atoms with E-state index in [4.69, 9.17) is 0 Å². The van der Waals surface area contributed by atoms with Crippen LogP contribution in [0.25, 0.3) is 0 Å². The number of rotatable bonds is 2. The summed E-state index contributed by atoms with van der Waals surface area (Å²) in [6.07, 6.45) is 4.09. The van der Waals surface area contributed by atoms with Crippen LogP contribution in [-0.4, -0.2) is 24.9 Å². The highest BCUT2D eigenvalue weighted by molar-refractivity contribution is 5.38. The van der Waals surface area contributed by atoms with E-state index in [1.165, 1.54) is 0 Å². The molecule has 0 aliphatic rings. The van der Waals surface area contributed by atoms with Crippen LogP contribution in [0, 0.1) is 20.2 Å². The van der Waals surface area contributed by atoms with Crippen LogP contribution in [0.4, 0.5) is 11.6 Å². The molecule has 11 nitrogen and oxygen atoms in total. The monoisotopic (exact) mass is 241 g/mol. The molecule has 0 saturated carbocycles. The lowest BCUT2D eigenvalue weighted by Crippen LogP contribution is -2.27. The second-order valence-corrected chi connectivity index (χ2v) is 2.67. The summed E-state index contributed by atoms with van der Waals surface area (Å²) in [6.45, 7) is 0. The second kappa shape index (κ2) is 5.29. The molecule has 2 rings (SSSR count). The van der Waals surface area contributed by atoms with Crippen molar-refractivity contribution in [3.8, 4) is 0 Å². The maximum absolute atomic E-state index is 9.99. The van der Waals surface area contributed by atoms with Crippen LogP contribution in [0.2, 0.25) is 0 Å². The molecular formula is C6H7N7O4. The smallest absolute Gasteiger partial charge is 0.308 e. The summed E-state index contributed by atoms with van der Waals surface area (Å²) >= 11 is 0. The molecule has 90 valence electrons. The van der Waals surface area contributed by atoms with Gasteiger partial charge in [0.1, 0.15) is 13.4 Å². The zero-order chi connectivity index (χ0) is 12.8. The van der Waals surface area contributed by atoms with Gasteiger partial charge in [-0.2, -0.15) is 19.7 Å². The second-order valence-electron chi connectivity index (χ2n) is 2.67. The first-order valence-corrected chi connectivity index (χ1v) is 4.13. The van der Waals surface area contributed by atoms with Gasteiger partial charge in [-0.1, -0.05) is 0 Å². The number of hydrogen-bond donors (Lipinski definition) is 1. The molecule has 0 bridgehead atoms. The molecule has 2 aromatic rings. The third kappa shape index (κ3) is 3.33. The molecule has 1 N–H and O–H groups in total. The van der Waals surface area contributed by atoms with Crippen molar-refractivity contribution in [2.75, 3.05) is 0 Å². The summed E-state index contributed by atoms with van der Waals surface area (Å²) in [5.41, 5.74) is 0. The average molecular weight is 241 g/mol. The predicted octanol–water partition coefficient (Wildman–Crippen LogP) is -0.911. The number of aromatic nitrogens is 5. The van der Waals surface area contributed by atoms with E-state index >= 15 is 0 Å². The average Bonchev–Trinajstić information content (AvgIpc) is 2.87. The lowest BCUT2D eigenvalue weighted by Gasteiger charge is -2.00. The highest BCUT2D eigenvalue weighted by atomic mass is 16.6. The van der Waals surface area contributed by atoms with Crippen LogP contribution in [-0.2, 0) is 7.05 Å². The molecule has 2 aromatic heterocycles. The molecule has 0 amide bonds. The largest absolute Gasteiger partial charge is 0.459 e. The van der Waals surface area contributed by atoms with Crippen molar-refractivity contribution < 1.29 is 14.5 Å². The summed E-state index contributed by atoms with van der Waals surface area (Å²) < 4.78 is 1.76. The van der Waals surface area contributed by atoms with E-state index in [0.717, 1.165) is 6.33 Å². The third-order valence-corrected chi connectivity index (χ3v) is 1.48. The van der Waals surface area contributed by atoms with Crippen molar-refractivity contribution in [2.24, 2.45) is 7.05 Å². The Balaban J connectivity index is 0.000000202. The fourth-order valence-corrected chi connectivity index (χ4v) is 0.802. The molecule has 2 heterocycles. The van der Waals surface area contributed by atoms with Gasteiger partial charge < -0.3 is 20.2 Å². The number of nitro groups is 2. The van der Waals surface area contributed by atoms with E-state index in [1.54, 1.807) is 17.3 Å². The van der Waals surface area contributed by atoms with E-state index in [0.29, 0.717) is 0 Å². The summed E-state index contributed by atoms with van der Waals surface area (Å²) in [5.74, 6) is -1.65. The van der Waals surface area contributed by atoms with Gasteiger partial charge in [-0.25, -0.2) is 4.98 Å². The Morgan fingerprint density at radius 3 is 2.41 bits per heavy atom. The minimum absolute atomic E-state index is 0.774. The molecule has 11 heteroatoms.